The maximum Gasteiger partial charge on any atom is 0.305 e. The second-order valence-corrected chi connectivity index (χ2v) is 4.65. The van der Waals surface area contributed by atoms with Crippen molar-refractivity contribution in [3.63, 3.8) is 0 Å². The summed E-state index contributed by atoms with van der Waals surface area (Å²) in [7, 11) is 0. The monoisotopic (exact) mass is 257 g/mol. The van der Waals surface area contributed by atoms with E-state index >= 15 is 0 Å². The van der Waals surface area contributed by atoms with E-state index in [4.69, 9.17) is 10.8 Å². The topological polar surface area (TPSA) is 86.9 Å². The van der Waals surface area contributed by atoms with E-state index in [9.17, 15) is 9.59 Å². The van der Waals surface area contributed by atoms with E-state index in [1.165, 1.54) is 0 Å². The molecule has 3 N–H and O–H groups in total. The van der Waals surface area contributed by atoms with Crippen LogP contribution in [0.4, 0.5) is 0 Å². The number of carbonyl (C=O) groups is 2. The van der Waals surface area contributed by atoms with Crippen LogP contribution in [-0.2, 0) is 9.59 Å². The quantitative estimate of drug-likeness (QED) is 0.684. The van der Waals surface area contributed by atoms with Crippen molar-refractivity contribution >= 4 is 11.9 Å². The zero-order valence-corrected chi connectivity index (χ0v) is 11.1. The maximum absolute atomic E-state index is 11.9. The van der Waals surface area contributed by atoms with E-state index < -0.39 is 12.0 Å². The highest BCUT2D eigenvalue weighted by Crippen LogP contribution is 2.16. The molecule has 1 heterocycles. The van der Waals surface area contributed by atoms with Gasteiger partial charge in [0.1, 0.15) is 0 Å². The van der Waals surface area contributed by atoms with Crippen molar-refractivity contribution in [2.45, 2.75) is 38.8 Å². The first-order valence-electron chi connectivity index (χ1n) is 6.49. The summed E-state index contributed by atoms with van der Waals surface area (Å²) in [6.45, 7) is 7.46. The minimum atomic E-state index is -1.03. The van der Waals surface area contributed by atoms with Crippen molar-refractivity contribution in [1.82, 2.24) is 9.80 Å². The highest BCUT2D eigenvalue weighted by Gasteiger charge is 2.32. The van der Waals surface area contributed by atoms with Gasteiger partial charge in [0, 0.05) is 19.1 Å². The molecule has 1 fully saturated rings. The molecule has 0 aromatic heterocycles. The van der Waals surface area contributed by atoms with Crippen LogP contribution in [0.25, 0.3) is 0 Å². The van der Waals surface area contributed by atoms with Crippen LogP contribution in [0.2, 0.25) is 0 Å². The Hall–Kier alpha value is -1.14. The molecule has 0 aromatic rings. The molecule has 18 heavy (non-hydrogen) atoms. The lowest BCUT2D eigenvalue weighted by atomic mass is 10.2. The van der Waals surface area contributed by atoms with Crippen LogP contribution in [0.3, 0.4) is 0 Å². The van der Waals surface area contributed by atoms with Crippen molar-refractivity contribution in [2.24, 2.45) is 5.73 Å². The van der Waals surface area contributed by atoms with Gasteiger partial charge in [-0.05, 0) is 19.5 Å². The Labute approximate surface area is 108 Å². The minimum Gasteiger partial charge on any atom is -0.481 e. The molecule has 0 bridgehead atoms. The van der Waals surface area contributed by atoms with E-state index in [0.717, 1.165) is 19.5 Å². The Morgan fingerprint density at radius 3 is 2.56 bits per heavy atom. The number of rotatable bonds is 6. The van der Waals surface area contributed by atoms with E-state index in [1.54, 1.807) is 4.90 Å². The molecule has 0 aliphatic carbocycles. The van der Waals surface area contributed by atoms with Gasteiger partial charge in [0.25, 0.3) is 0 Å². The van der Waals surface area contributed by atoms with E-state index in [2.05, 4.69) is 18.7 Å². The van der Waals surface area contributed by atoms with Crippen LogP contribution in [0.5, 0.6) is 0 Å². The first-order valence-corrected chi connectivity index (χ1v) is 6.49. The summed E-state index contributed by atoms with van der Waals surface area (Å²) < 4.78 is 0. The van der Waals surface area contributed by atoms with Crippen molar-refractivity contribution < 1.29 is 14.7 Å². The predicted octanol–water partition coefficient (Wildman–Crippen LogP) is -0.269. The molecule has 2 unspecified atom stereocenters. The number of nitrogens with two attached hydrogens (primary N) is 1. The second kappa shape index (κ2) is 6.70. The number of hydrogen-bond acceptors (Lipinski definition) is 4. The Morgan fingerprint density at radius 1 is 1.44 bits per heavy atom. The fourth-order valence-electron chi connectivity index (χ4n) is 2.49. The Balaban J connectivity index is 2.50. The van der Waals surface area contributed by atoms with Crippen molar-refractivity contribution in [3.05, 3.63) is 0 Å². The molecule has 6 nitrogen and oxygen atoms in total. The number of carbonyl (C=O) groups excluding carboxylic acids is 1. The van der Waals surface area contributed by atoms with E-state index in [0.29, 0.717) is 19.1 Å². The number of aliphatic carboxylic acids is 1. The third-order valence-corrected chi connectivity index (χ3v) is 3.52. The third kappa shape index (κ3) is 3.68. The molecule has 1 rings (SSSR count). The fraction of sp³-hybridized carbons (Fsp3) is 0.833. The van der Waals surface area contributed by atoms with Crippen LogP contribution in [-0.4, -0.2) is 65.0 Å². The summed E-state index contributed by atoms with van der Waals surface area (Å²) >= 11 is 0. The van der Waals surface area contributed by atoms with Crippen molar-refractivity contribution in [1.29, 1.82) is 0 Å². The molecule has 1 aliphatic heterocycles. The smallest absolute Gasteiger partial charge is 0.305 e. The first-order chi connectivity index (χ1) is 8.49. The normalized spacial score (nSPS) is 21.3. The van der Waals surface area contributed by atoms with Gasteiger partial charge in [-0.2, -0.15) is 0 Å². The summed E-state index contributed by atoms with van der Waals surface area (Å²) in [5.41, 5.74) is 5.60. The molecule has 1 aliphatic rings. The third-order valence-electron chi connectivity index (χ3n) is 3.52. The lowest BCUT2D eigenvalue weighted by molar-refractivity contribution is -0.141. The summed E-state index contributed by atoms with van der Waals surface area (Å²) in [5, 5.41) is 8.63. The van der Waals surface area contributed by atoms with Crippen LogP contribution < -0.4 is 5.73 Å². The van der Waals surface area contributed by atoms with Crippen molar-refractivity contribution in [3.8, 4) is 0 Å². The van der Waals surface area contributed by atoms with Gasteiger partial charge in [-0.3, -0.25) is 14.5 Å². The number of carboxylic acid groups (broad SMARTS) is 1. The van der Waals surface area contributed by atoms with E-state index in [1.807, 2.05) is 0 Å². The predicted molar refractivity (Wildman–Crippen MR) is 68.1 cm³/mol. The average Bonchev–Trinajstić information content (AvgIpc) is 2.78. The van der Waals surface area contributed by atoms with Crippen LogP contribution >= 0.6 is 0 Å². The Kier molecular flexibility index (Phi) is 5.55. The van der Waals surface area contributed by atoms with E-state index in [-0.39, 0.29) is 12.3 Å². The molecular formula is C12H23N3O3. The largest absolute Gasteiger partial charge is 0.481 e. The number of amides is 1. The molecule has 2 atom stereocenters. The Bertz CT molecular complexity index is 305. The molecule has 6 heteroatoms. The summed E-state index contributed by atoms with van der Waals surface area (Å²) in [5.74, 6) is -1.28. The molecule has 104 valence electrons. The molecular weight excluding hydrogens is 234 g/mol. The number of carboxylic acids is 1. The maximum atomic E-state index is 11.9. The van der Waals surface area contributed by atoms with Crippen LogP contribution in [0, 0.1) is 0 Å². The Morgan fingerprint density at radius 2 is 2.06 bits per heavy atom. The zero-order chi connectivity index (χ0) is 13.7. The van der Waals surface area contributed by atoms with Gasteiger partial charge in [-0.25, -0.2) is 0 Å². The highest BCUT2D eigenvalue weighted by molar-refractivity contribution is 5.86. The molecule has 0 spiro atoms. The minimum absolute atomic E-state index is 0.243. The standard InChI is InChI=1S/C12H23N3O3/c1-3-14(4-2)9-5-6-15(8-9)12(18)10(13)7-11(16)17/h9-10H,3-8,13H2,1-2H3,(H,16,17). The molecule has 0 radical (unpaired) electrons. The van der Waals surface area contributed by atoms with Gasteiger partial charge in [0.05, 0.1) is 12.5 Å². The van der Waals surface area contributed by atoms with Gasteiger partial charge in [0.2, 0.25) is 5.91 Å². The van der Waals surface area contributed by atoms with Crippen LogP contribution in [0.15, 0.2) is 0 Å². The van der Waals surface area contributed by atoms with Crippen LogP contribution in [0.1, 0.15) is 26.7 Å². The van der Waals surface area contributed by atoms with Gasteiger partial charge >= 0.3 is 5.97 Å². The van der Waals surface area contributed by atoms with Gasteiger partial charge in [-0.15, -0.1) is 0 Å². The average molecular weight is 257 g/mol. The number of likely N-dealkylation sites (N-methyl/N-ethyl adjacent to an activating group) is 1. The second-order valence-electron chi connectivity index (χ2n) is 4.65. The zero-order valence-electron chi connectivity index (χ0n) is 11.1. The van der Waals surface area contributed by atoms with Crippen molar-refractivity contribution in [2.75, 3.05) is 26.2 Å². The summed E-state index contributed by atoms with van der Waals surface area (Å²) in [6, 6.07) is -0.543. The molecule has 1 saturated heterocycles. The highest BCUT2D eigenvalue weighted by atomic mass is 16.4. The molecule has 0 saturated carbocycles. The number of hydrogen-bond donors (Lipinski definition) is 2. The SMILES string of the molecule is CCN(CC)C1CCN(C(=O)C(N)CC(=O)O)C1. The lowest BCUT2D eigenvalue weighted by Gasteiger charge is -2.26. The fourth-order valence-corrected chi connectivity index (χ4v) is 2.49. The molecule has 0 aromatic carbocycles. The van der Waals surface area contributed by atoms with Gasteiger partial charge in [0.15, 0.2) is 0 Å². The van der Waals surface area contributed by atoms with Gasteiger partial charge < -0.3 is 15.7 Å². The summed E-state index contributed by atoms with van der Waals surface area (Å²) in [6.07, 6.45) is 0.637. The number of likely N-dealkylation sites (tertiary alicyclic amines) is 1. The first kappa shape index (κ1) is 14.9. The molecule has 1 amide bonds. The summed E-state index contributed by atoms with van der Waals surface area (Å²) in [4.78, 5) is 26.5. The van der Waals surface area contributed by atoms with Gasteiger partial charge in [-0.1, -0.05) is 13.8 Å². The number of nitrogens with zero attached hydrogens (tertiary/aromatic N) is 2. The lowest BCUT2D eigenvalue weighted by Crippen LogP contribution is -2.45.